The van der Waals surface area contributed by atoms with E-state index in [9.17, 15) is 14.7 Å². The molecule has 0 saturated carbocycles. The number of benzene rings is 1. The predicted octanol–water partition coefficient (Wildman–Crippen LogP) is 3.89. The first-order valence-corrected chi connectivity index (χ1v) is 10.4. The van der Waals surface area contributed by atoms with Crippen molar-refractivity contribution in [3.8, 4) is 0 Å². The Morgan fingerprint density at radius 3 is 2.71 bits per heavy atom. The molecule has 1 fully saturated rings. The summed E-state index contributed by atoms with van der Waals surface area (Å²) in [5, 5.41) is 10.1. The lowest BCUT2D eigenvalue weighted by Crippen LogP contribution is -2.33. The molecule has 1 aromatic carbocycles. The van der Waals surface area contributed by atoms with Gasteiger partial charge in [-0.2, -0.15) is 0 Å². The zero-order valence-electron chi connectivity index (χ0n) is 17.1. The van der Waals surface area contributed by atoms with Crippen molar-refractivity contribution in [1.82, 2.24) is 4.90 Å². The molecule has 2 atom stereocenters. The molecular weight excluding hydrogens is 354 g/mol. The van der Waals surface area contributed by atoms with Gasteiger partial charge in [-0.05, 0) is 37.0 Å². The fourth-order valence-corrected chi connectivity index (χ4v) is 3.55. The zero-order chi connectivity index (χ0) is 20.4. The number of carbonyl (C=O) groups is 2. The number of nitrogens with zero attached hydrogens (tertiary/aromatic N) is 1. The molecule has 1 N–H and O–H groups in total. The third kappa shape index (κ3) is 6.79. The molecule has 5 nitrogen and oxygen atoms in total. The van der Waals surface area contributed by atoms with Gasteiger partial charge < -0.3 is 14.7 Å². The van der Waals surface area contributed by atoms with E-state index in [0.29, 0.717) is 18.5 Å². The average Bonchev–Trinajstić information content (AvgIpc) is 3.07. The van der Waals surface area contributed by atoms with Gasteiger partial charge in [-0.25, -0.2) is 4.79 Å². The molecule has 0 radical (unpaired) electrons. The van der Waals surface area contributed by atoms with Gasteiger partial charge in [-0.3, -0.25) is 4.79 Å². The van der Waals surface area contributed by atoms with Crippen LogP contribution in [0.5, 0.6) is 0 Å². The van der Waals surface area contributed by atoms with Crippen LogP contribution in [0.25, 0.3) is 0 Å². The summed E-state index contributed by atoms with van der Waals surface area (Å²) >= 11 is 0. The van der Waals surface area contributed by atoms with Gasteiger partial charge in [0.25, 0.3) is 0 Å². The summed E-state index contributed by atoms with van der Waals surface area (Å²) in [4.78, 5) is 25.6. The maximum Gasteiger partial charge on any atom is 0.337 e. The number of likely N-dealkylation sites (tertiary alicyclic amines) is 1. The van der Waals surface area contributed by atoms with Crippen LogP contribution >= 0.6 is 0 Å². The van der Waals surface area contributed by atoms with E-state index in [0.717, 1.165) is 37.7 Å². The van der Waals surface area contributed by atoms with Crippen LogP contribution in [0.4, 0.5) is 0 Å². The van der Waals surface area contributed by atoms with Crippen LogP contribution in [-0.4, -0.2) is 47.7 Å². The summed E-state index contributed by atoms with van der Waals surface area (Å²) in [5.74, 6) is -0.182. The summed E-state index contributed by atoms with van der Waals surface area (Å²) in [5.41, 5.74) is 1.60. The van der Waals surface area contributed by atoms with E-state index >= 15 is 0 Å². The van der Waals surface area contributed by atoms with Crippen LogP contribution in [0.1, 0.15) is 67.8 Å². The molecule has 0 aliphatic carbocycles. The Morgan fingerprint density at radius 1 is 1.29 bits per heavy atom. The summed E-state index contributed by atoms with van der Waals surface area (Å²) in [7, 11) is 1.37. The number of amides is 1. The molecule has 1 aromatic rings. The van der Waals surface area contributed by atoms with E-state index in [1.165, 1.54) is 20.0 Å². The van der Waals surface area contributed by atoms with Gasteiger partial charge in [0.15, 0.2) is 0 Å². The van der Waals surface area contributed by atoms with Crippen LogP contribution in [0.2, 0.25) is 0 Å². The Bertz CT molecular complexity index is 653. The normalized spacial score (nSPS) is 18.0. The highest BCUT2D eigenvalue weighted by atomic mass is 16.5. The fraction of sp³-hybridized carbons (Fsp3) is 0.565. The molecule has 1 saturated heterocycles. The second-order valence-electron chi connectivity index (χ2n) is 7.43. The Morgan fingerprint density at radius 2 is 2.04 bits per heavy atom. The van der Waals surface area contributed by atoms with Crippen molar-refractivity contribution < 1.29 is 19.4 Å². The summed E-state index contributed by atoms with van der Waals surface area (Å²) in [6.07, 6.45) is 10.9. The first-order chi connectivity index (χ1) is 13.5. The Balaban J connectivity index is 1.84. The number of aliphatic hydroxyl groups excluding tert-OH is 1. The summed E-state index contributed by atoms with van der Waals surface area (Å²) in [6.45, 7) is 2.81. The molecule has 0 aromatic heterocycles. The smallest absolute Gasteiger partial charge is 0.337 e. The molecule has 0 spiro atoms. The average molecular weight is 388 g/mol. The van der Waals surface area contributed by atoms with Crippen LogP contribution in [-0.2, 0) is 16.0 Å². The van der Waals surface area contributed by atoms with Gasteiger partial charge in [0.05, 0.1) is 24.8 Å². The SMILES string of the molecule is CCCCCC[C@H](O)/C=C/[C@H]1CCC(=O)N1CCc1ccc(C(=O)OC)cc1. The van der Waals surface area contributed by atoms with Gasteiger partial charge in [0.2, 0.25) is 5.91 Å². The number of esters is 1. The number of methoxy groups -OCH3 is 1. The minimum absolute atomic E-state index is 0.0622. The molecule has 5 heteroatoms. The van der Waals surface area contributed by atoms with Gasteiger partial charge in [-0.15, -0.1) is 0 Å². The predicted molar refractivity (Wildman–Crippen MR) is 110 cm³/mol. The number of ether oxygens (including phenoxy) is 1. The van der Waals surface area contributed by atoms with Crippen molar-refractivity contribution in [1.29, 1.82) is 0 Å². The largest absolute Gasteiger partial charge is 0.465 e. The van der Waals surface area contributed by atoms with E-state index < -0.39 is 6.10 Å². The Kier molecular flexibility index (Phi) is 9.21. The lowest BCUT2D eigenvalue weighted by atomic mass is 10.1. The first-order valence-electron chi connectivity index (χ1n) is 10.4. The van der Waals surface area contributed by atoms with Crippen molar-refractivity contribution in [3.05, 3.63) is 47.5 Å². The molecule has 154 valence electrons. The van der Waals surface area contributed by atoms with Crippen molar-refractivity contribution >= 4 is 11.9 Å². The molecule has 1 heterocycles. The fourth-order valence-electron chi connectivity index (χ4n) is 3.55. The maximum atomic E-state index is 12.2. The Labute approximate surface area is 168 Å². The van der Waals surface area contributed by atoms with Crippen LogP contribution in [0, 0.1) is 0 Å². The van der Waals surface area contributed by atoms with Gasteiger partial charge in [0.1, 0.15) is 0 Å². The molecule has 0 unspecified atom stereocenters. The van der Waals surface area contributed by atoms with Crippen LogP contribution in [0.3, 0.4) is 0 Å². The van der Waals surface area contributed by atoms with Crippen LogP contribution < -0.4 is 0 Å². The van der Waals surface area contributed by atoms with Crippen LogP contribution in [0.15, 0.2) is 36.4 Å². The highest BCUT2D eigenvalue weighted by Crippen LogP contribution is 2.21. The molecule has 0 bridgehead atoms. The quantitative estimate of drug-likeness (QED) is 0.355. The number of hydrogen-bond donors (Lipinski definition) is 1. The second kappa shape index (κ2) is 11.6. The molecule has 1 amide bonds. The summed E-state index contributed by atoms with van der Waals surface area (Å²) in [6, 6.07) is 7.36. The monoisotopic (exact) mass is 387 g/mol. The minimum atomic E-state index is -0.430. The number of hydrogen-bond acceptors (Lipinski definition) is 4. The number of aliphatic hydroxyl groups is 1. The zero-order valence-corrected chi connectivity index (χ0v) is 17.1. The van der Waals surface area contributed by atoms with Crippen molar-refractivity contribution in [2.45, 2.75) is 70.4 Å². The molecular formula is C23H33NO4. The molecule has 1 aliphatic heterocycles. The van der Waals surface area contributed by atoms with E-state index in [4.69, 9.17) is 4.74 Å². The second-order valence-corrected chi connectivity index (χ2v) is 7.43. The number of carbonyl (C=O) groups excluding carboxylic acids is 2. The Hall–Kier alpha value is -2.14. The maximum absolute atomic E-state index is 12.2. The first kappa shape index (κ1) is 22.2. The number of rotatable bonds is 11. The minimum Gasteiger partial charge on any atom is -0.465 e. The standard InChI is InChI=1S/C23H33NO4/c1-3-4-5-6-7-21(25)14-12-20-13-15-22(26)24(20)17-16-18-8-10-19(11-9-18)23(27)28-2/h8-12,14,20-21,25H,3-7,13,15-17H2,1-2H3/b14-12+/t20-,21-/m0/s1. The third-order valence-corrected chi connectivity index (χ3v) is 5.30. The van der Waals surface area contributed by atoms with Crippen molar-refractivity contribution in [2.24, 2.45) is 0 Å². The van der Waals surface area contributed by atoms with E-state index in [-0.39, 0.29) is 17.9 Å². The number of unbranched alkanes of at least 4 members (excludes halogenated alkanes) is 3. The topological polar surface area (TPSA) is 66.8 Å². The van der Waals surface area contributed by atoms with E-state index in [1.54, 1.807) is 12.1 Å². The van der Waals surface area contributed by atoms with Gasteiger partial charge in [0, 0.05) is 13.0 Å². The van der Waals surface area contributed by atoms with Gasteiger partial charge >= 0.3 is 5.97 Å². The molecule has 2 rings (SSSR count). The lowest BCUT2D eigenvalue weighted by molar-refractivity contribution is -0.128. The van der Waals surface area contributed by atoms with E-state index in [2.05, 4.69) is 6.92 Å². The van der Waals surface area contributed by atoms with Crippen molar-refractivity contribution in [2.75, 3.05) is 13.7 Å². The van der Waals surface area contributed by atoms with Crippen molar-refractivity contribution in [3.63, 3.8) is 0 Å². The molecule has 1 aliphatic rings. The lowest BCUT2D eigenvalue weighted by Gasteiger charge is -2.23. The summed E-state index contributed by atoms with van der Waals surface area (Å²) < 4.78 is 4.71. The highest BCUT2D eigenvalue weighted by Gasteiger charge is 2.28. The highest BCUT2D eigenvalue weighted by molar-refractivity contribution is 5.89. The van der Waals surface area contributed by atoms with Gasteiger partial charge in [-0.1, -0.05) is 56.9 Å². The van der Waals surface area contributed by atoms with E-state index in [1.807, 2.05) is 29.2 Å². The molecule has 28 heavy (non-hydrogen) atoms. The third-order valence-electron chi connectivity index (χ3n) is 5.30.